The molecular formula is C16H25BNO2. The SMILES string of the molecule is CN(C)c1ccc([CH]CB2OC(C)(C)C(C)(C)O2)cc1. The first kappa shape index (κ1) is 15.4. The number of benzene rings is 1. The molecule has 109 valence electrons. The molecule has 0 aliphatic carbocycles. The van der Waals surface area contributed by atoms with Crippen molar-refractivity contribution < 1.29 is 9.31 Å². The minimum absolute atomic E-state index is 0.159. The maximum absolute atomic E-state index is 5.99. The molecule has 1 aliphatic heterocycles. The van der Waals surface area contributed by atoms with Crippen LogP contribution in [0.5, 0.6) is 0 Å². The fourth-order valence-electron chi connectivity index (χ4n) is 2.20. The Labute approximate surface area is 123 Å². The predicted molar refractivity (Wildman–Crippen MR) is 85.1 cm³/mol. The Morgan fingerprint density at radius 3 is 1.95 bits per heavy atom. The third-order valence-corrected chi connectivity index (χ3v) is 4.26. The van der Waals surface area contributed by atoms with Gasteiger partial charge in [0.25, 0.3) is 0 Å². The van der Waals surface area contributed by atoms with E-state index in [1.807, 2.05) is 14.1 Å². The highest BCUT2D eigenvalue weighted by molar-refractivity contribution is 6.46. The lowest BCUT2D eigenvalue weighted by molar-refractivity contribution is 0.00578. The molecule has 1 heterocycles. The van der Waals surface area contributed by atoms with Crippen molar-refractivity contribution in [1.82, 2.24) is 0 Å². The van der Waals surface area contributed by atoms with Gasteiger partial charge in [0.15, 0.2) is 0 Å². The molecule has 0 amide bonds. The third kappa shape index (κ3) is 3.18. The zero-order valence-electron chi connectivity index (χ0n) is 13.4. The van der Waals surface area contributed by atoms with Crippen LogP contribution < -0.4 is 4.90 Å². The van der Waals surface area contributed by atoms with Gasteiger partial charge in [-0.2, -0.15) is 0 Å². The van der Waals surface area contributed by atoms with Gasteiger partial charge in [-0.05, 0) is 58.1 Å². The van der Waals surface area contributed by atoms with Gasteiger partial charge < -0.3 is 14.2 Å². The first-order valence-corrected chi connectivity index (χ1v) is 7.17. The Balaban J connectivity index is 1.90. The molecule has 1 aliphatic rings. The van der Waals surface area contributed by atoms with Gasteiger partial charge in [0.1, 0.15) is 0 Å². The molecule has 1 saturated heterocycles. The summed E-state index contributed by atoms with van der Waals surface area (Å²) in [5, 5.41) is 0. The fraction of sp³-hybridized carbons (Fsp3) is 0.562. The summed E-state index contributed by atoms with van der Waals surface area (Å²) in [6.07, 6.45) is 2.94. The van der Waals surface area contributed by atoms with Gasteiger partial charge in [-0.1, -0.05) is 12.1 Å². The van der Waals surface area contributed by atoms with Crippen LogP contribution in [0.3, 0.4) is 0 Å². The topological polar surface area (TPSA) is 21.7 Å². The van der Waals surface area contributed by atoms with Crippen molar-refractivity contribution in [2.75, 3.05) is 19.0 Å². The van der Waals surface area contributed by atoms with E-state index in [0.717, 1.165) is 6.32 Å². The largest absolute Gasteiger partial charge is 0.458 e. The molecule has 1 fully saturated rings. The Morgan fingerprint density at radius 2 is 1.50 bits per heavy atom. The molecule has 0 aromatic heterocycles. The average molecular weight is 274 g/mol. The number of anilines is 1. The van der Waals surface area contributed by atoms with Crippen molar-refractivity contribution in [3.05, 3.63) is 36.2 Å². The molecule has 0 atom stereocenters. The van der Waals surface area contributed by atoms with Crippen LogP contribution >= 0.6 is 0 Å². The van der Waals surface area contributed by atoms with E-state index in [0.29, 0.717) is 0 Å². The van der Waals surface area contributed by atoms with E-state index in [4.69, 9.17) is 9.31 Å². The highest BCUT2D eigenvalue weighted by Crippen LogP contribution is 2.38. The standard InChI is InChI=1S/C16H25BNO2/c1-15(2)16(3,4)20-17(19-15)12-11-13-7-9-14(10-8-13)18(5)6/h7-11H,12H2,1-6H3. The lowest BCUT2D eigenvalue weighted by Crippen LogP contribution is -2.41. The monoisotopic (exact) mass is 274 g/mol. The number of nitrogens with zero attached hydrogens (tertiary/aromatic N) is 1. The molecule has 20 heavy (non-hydrogen) atoms. The number of rotatable bonds is 4. The first-order chi connectivity index (χ1) is 9.21. The zero-order chi connectivity index (χ0) is 15.0. The quantitative estimate of drug-likeness (QED) is 0.785. The number of hydrogen-bond donors (Lipinski definition) is 0. The van der Waals surface area contributed by atoms with E-state index in [2.05, 4.69) is 63.3 Å². The molecule has 2 rings (SSSR count). The summed E-state index contributed by atoms with van der Waals surface area (Å²) < 4.78 is 12.0. The van der Waals surface area contributed by atoms with Gasteiger partial charge in [0.05, 0.1) is 11.2 Å². The van der Waals surface area contributed by atoms with Gasteiger partial charge in [-0.15, -0.1) is 0 Å². The summed E-state index contributed by atoms with van der Waals surface area (Å²) >= 11 is 0. The average Bonchev–Trinajstić information content (AvgIpc) is 2.56. The summed E-state index contributed by atoms with van der Waals surface area (Å²) in [6, 6.07) is 8.49. The van der Waals surface area contributed by atoms with E-state index in [1.54, 1.807) is 0 Å². The van der Waals surface area contributed by atoms with Crippen molar-refractivity contribution >= 4 is 12.8 Å². The van der Waals surface area contributed by atoms with E-state index in [1.165, 1.54) is 11.3 Å². The Bertz CT molecular complexity index is 438. The minimum Gasteiger partial charge on any atom is -0.403 e. The van der Waals surface area contributed by atoms with E-state index < -0.39 is 0 Å². The van der Waals surface area contributed by atoms with Gasteiger partial charge in [0, 0.05) is 19.8 Å². The second-order valence-electron chi connectivity index (χ2n) is 6.61. The van der Waals surface area contributed by atoms with Crippen LogP contribution in [0.2, 0.25) is 6.32 Å². The number of hydrogen-bond acceptors (Lipinski definition) is 3. The van der Waals surface area contributed by atoms with Crippen LogP contribution in [0.1, 0.15) is 33.3 Å². The van der Waals surface area contributed by atoms with Crippen molar-refractivity contribution in [1.29, 1.82) is 0 Å². The summed E-state index contributed by atoms with van der Waals surface area (Å²) in [4.78, 5) is 2.10. The molecule has 0 bridgehead atoms. The van der Waals surface area contributed by atoms with Gasteiger partial charge in [0.2, 0.25) is 0 Å². The van der Waals surface area contributed by atoms with Crippen molar-refractivity contribution in [3.8, 4) is 0 Å². The lowest BCUT2D eigenvalue weighted by atomic mass is 9.81. The molecule has 4 heteroatoms. The van der Waals surface area contributed by atoms with Crippen LogP contribution in [0, 0.1) is 6.42 Å². The summed E-state index contributed by atoms with van der Waals surface area (Å²) in [7, 11) is 3.93. The molecule has 1 aromatic rings. The maximum atomic E-state index is 5.99. The normalized spacial score (nSPS) is 20.2. The predicted octanol–water partition coefficient (Wildman–Crippen LogP) is 3.40. The van der Waals surface area contributed by atoms with E-state index in [9.17, 15) is 0 Å². The smallest absolute Gasteiger partial charge is 0.403 e. The third-order valence-electron chi connectivity index (χ3n) is 4.26. The minimum atomic E-state index is -0.250. The summed E-state index contributed by atoms with van der Waals surface area (Å²) in [5.41, 5.74) is 1.91. The second-order valence-corrected chi connectivity index (χ2v) is 6.61. The molecule has 3 nitrogen and oxygen atoms in total. The van der Waals surface area contributed by atoms with E-state index >= 15 is 0 Å². The Hall–Kier alpha value is -0.995. The van der Waals surface area contributed by atoms with Crippen LogP contribution in [0.4, 0.5) is 5.69 Å². The van der Waals surface area contributed by atoms with Crippen molar-refractivity contribution in [3.63, 3.8) is 0 Å². The molecule has 0 saturated carbocycles. The van der Waals surface area contributed by atoms with Crippen molar-refractivity contribution in [2.24, 2.45) is 0 Å². The molecule has 0 unspecified atom stereocenters. The first-order valence-electron chi connectivity index (χ1n) is 7.17. The second kappa shape index (κ2) is 5.42. The molecule has 0 spiro atoms. The lowest BCUT2D eigenvalue weighted by Gasteiger charge is -2.32. The summed E-state index contributed by atoms with van der Waals surface area (Å²) in [5.74, 6) is 0. The van der Waals surface area contributed by atoms with Crippen LogP contribution in [0.25, 0.3) is 0 Å². The fourth-order valence-corrected chi connectivity index (χ4v) is 2.20. The zero-order valence-corrected chi connectivity index (χ0v) is 13.4. The summed E-state index contributed by atoms with van der Waals surface area (Å²) in [6.45, 7) is 8.33. The Kier molecular flexibility index (Phi) is 4.17. The highest BCUT2D eigenvalue weighted by Gasteiger charge is 2.50. The van der Waals surface area contributed by atoms with Crippen molar-refractivity contribution in [2.45, 2.75) is 45.2 Å². The molecule has 1 radical (unpaired) electrons. The van der Waals surface area contributed by atoms with E-state index in [-0.39, 0.29) is 18.3 Å². The van der Waals surface area contributed by atoms with Gasteiger partial charge in [-0.3, -0.25) is 0 Å². The Morgan fingerprint density at radius 1 is 1.00 bits per heavy atom. The van der Waals surface area contributed by atoms with Crippen LogP contribution in [0.15, 0.2) is 24.3 Å². The van der Waals surface area contributed by atoms with Gasteiger partial charge in [-0.25, -0.2) is 0 Å². The van der Waals surface area contributed by atoms with Gasteiger partial charge >= 0.3 is 7.12 Å². The van der Waals surface area contributed by atoms with Crippen LogP contribution in [-0.2, 0) is 9.31 Å². The highest BCUT2D eigenvalue weighted by atomic mass is 16.7. The molecular weight excluding hydrogens is 249 g/mol. The molecule has 1 aromatic carbocycles. The molecule has 0 N–H and O–H groups in total. The van der Waals surface area contributed by atoms with Crippen LogP contribution in [-0.4, -0.2) is 32.4 Å². The maximum Gasteiger partial charge on any atom is 0.458 e.